The van der Waals surface area contributed by atoms with Gasteiger partial charge < -0.3 is 10.7 Å². The van der Waals surface area contributed by atoms with E-state index in [0.29, 0.717) is 23.1 Å². The number of rotatable bonds is 2. The van der Waals surface area contributed by atoms with Crippen LogP contribution in [0.4, 0.5) is 0 Å². The van der Waals surface area contributed by atoms with E-state index in [-0.39, 0.29) is 11.6 Å². The first-order chi connectivity index (χ1) is 7.58. The lowest BCUT2D eigenvalue weighted by Crippen LogP contribution is -2.22. The normalized spacial score (nSPS) is 12.9. The fourth-order valence-corrected chi connectivity index (χ4v) is 2.03. The van der Waals surface area contributed by atoms with Crippen LogP contribution in [0.5, 0.6) is 0 Å². The number of aromatic nitrogens is 2. The highest BCUT2D eigenvalue weighted by Crippen LogP contribution is 2.19. The van der Waals surface area contributed by atoms with Gasteiger partial charge in [0.05, 0.1) is 10.9 Å². The minimum absolute atomic E-state index is 0.0249. The Bertz CT molecular complexity index is 577. The van der Waals surface area contributed by atoms with E-state index < -0.39 is 0 Å². The van der Waals surface area contributed by atoms with Crippen molar-refractivity contribution >= 4 is 26.8 Å². The number of halogens is 1. The third kappa shape index (κ3) is 2.15. The molecule has 4 nitrogen and oxygen atoms in total. The third-order valence-corrected chi connectivity index (χ3v) is 2.89. The molecule has 1 aromatic carbocycles. The first-order valence-electron chi connectivity index (χ1n) is 5.01. The van der Waals surface area contributed by atoms with Crippen molar-refractivity contribution in [3.8, 4) is 0 Å². The van der Waals surface area contributed by atoms with Crippen molar-refractivity contribution in [1.82, 2.24) is 9.97 Å². The lowest BCUT2D eigenvalue weighted by atomic mass is 10.2. The maximum absolute atomic E-state index is 11.8. The molecule has 0 saturated carbocycles. The van der Waals surface area contributed by atoms with Crippen LogP contribution in [0.3, 0.4) is 0 Å². The first-order valence-corrected chi connectivity index (χ1v) is 5.80. The molecule has 84 valence electrons. The summed E-state index contributed by atoms with van der Waals surface area (Å²) in [5.41, 5.74) is 6.24. The summed E-state index contributed by atoms with van der Waals surface area (Å²) in [4.78, 5) is 18.9. The molecule has 0 fully saturated rings. The molecule has 0 aliphatic carbocycles. The Kier molecular flexibility index (Phi) is 3.07. The number of benzene rings is 1. The molecule has 0 amide bonds. The fourth-order valence-electron chi connectivity index (χ4n) is 1.58. The molecule has 0 aliphatic rings. The summed E-state index contributed by atoms with van der Waals surface area (Å²) in [6.45, 7) is 1.88. The largest absolute Gasteiger partial charge is 0.328 e. The molecule has 1 atom stereocenters. The fraction of sp³-hybridized carbons (Fsp3) is 0.273. The van der Waals surface area contributed by atoms with Gasteiger partial charge in [0.2, 0.25) is 0 Å². The lowest BCUT2D eigenvalue weighted by Gasteiger charge is -2.06. The molecule has 1 aromatic heterocycles. The Balaban J connectivity index is 2.66. The van der Waals surface area contributed by atoms with Gasteiger partial charge in [-0.05, 0) is 35.0 Å². The highest BCUT2D eigenvalue weighted by atomic mass is 79.9. The number of hydrogen-bond acceptors (Lipinski definition) is 3. The zero-order chi connectivity index (χ0) is 11.7. The van der Waals surface area contributed by atoms with Gasteiger partial charge in [0, 0.05) is 16.9 Å². The van der Waals surface area contributed by atoms with Crippen LogP contribution >= 0.6 is 15.9 Å². The molecule has 16 heavy (non-hydrogen) atoms. The predicted molar refractivity (Wildman–Crippen MR) is 67.4 cm³/mol. The Hall–Kier alpha value is -1.20. The molecule has 3 N–H and O–H groups in total. The lowest BCUT2D eigenvalue weighted by molar-refractivity contribution is 0.703. The summed E-state index contributed by atoms with van der Waals surface area (Å²) in [5, 5.41) is 0.586. The van der Waals surface area contributed by atoms with E-state index in [9.17, 15) is 4.79 Å². The molecule has 0 spiro atoms. The van der Waals surface area contributed by atoms with Gasteiger partial charge in [-0.15, -0.1) is 0 Å². The maximum Gasteiger partial charge on any atom is 0.258 e. The van der Waals surface area contributed by atoms with Crippen LogP contribution in [0.2, 0.25) is 0 Å². The summed E-state index contributed by atoms with van der Waals surface area (Å²) in [6.07, 6.45) is 0.562. The van der Waals surface area contributed by atoms with Gasteiger partial charge in [-0.3, -0.25) is 4.79 Å². The topological polar surface area (TPSA) is 71.8 Å². The highest BCUT2D eigenvalue weighted by molar-refractivity contribution is 9.10. The van der Waals surface area contributed by atoms with Crippen LogP contribution in [0.15, 0.2) is 27.5 Å². The molecule has 1 unspecified atom stereocenters. The highest BCUT2D eigenvalue weighted by Gasteiger charge is 2.07. The average Bonchev–Trinajstić information content (AvgIpc) is 2.19. The second-order valence-corrected chi connectivity index (χ2v) is 4.68. The van der Waals surface area contributed by atoms with Crippen molar-refractivity contribution in [1.29, 1.82) is 0 Å². The van der Waals surface area contributed by atoms with Gasteiger partial charge in [-0.2, -0.15) is 0 Å². The van der Waals surface area contributed by atoms with Crippen molar-refractivity contribution < 1.29 is 0 Å². The number of fused-ring (bicyclic) bond motifs is 1. The molecule has 0 saturated heterocycles. The van der Waals surface area contributed by atoms with E-state index in [1.165, 1.54) is 0 Å². The summed E-state index contributed by atoms with van der Waals surface area (Å²) in [7, 11) is 0. The smallest absolute Gasteiger partial charge is 0.258 e. The maximum atomic E-state index is 11.8. The van der Waals surface area contributed by atoms with Gasteiger partial charge in [0.25, 0.3) is 5.56 Å². The quantitative estimate of drug-likeness (QED) is 0.878. The average molecular weight is 282 g/mol. The molecule has 2 aromatic rings. The van der Waals surface area contributed by atoms with E-state index in [1.54, 1.807) is 6.07 Å². The Labute approximate surface area is 101 Å². The van der Waals surface area contributed by atoms with E-state index in [1.807, 2.05) is 19.1 Å². The van der Waals surface area contributed by atoms with Crippen molar-refractivity contribution in [3.05, 3.63) is 38.9 Å². The second-order valence-electron chi connectivity index (χ2n) is 3.83. The SMILES string of the molecule is CC(N)Cc1nc2c(Br)cccc2c(=O)[nH]1. The van der Waals surface area contributed by atoms with Crippen LogP contribution in [-0.2, 0) is 6.42 Å². The van der Waals surface area contributed by atoms with Gasteiger partial charge in [-0.25, -0.2) is 4.98 Å². The first kappa shape index (κ1) is 11.3. The number of nitrogens with one attached hydrogen (secondary N) is 1. The number of para-hydroxylation sites is 1. The van der Waals surface area contributed by atoms with Gasteiger partial charge in [0.15, 0.2) is 0 Å². The van der Waals surface area contributed by atoms with Crippen LogP contribution in [-0.4, -0.2) is 16.0 Å². The van der Waals surface area contributed by atoms with E-state index in [0.717, 1.165) is 4.47 Å². The molecule has 5 heteroatoms. The van der Waals surface area contributed by atoms with Crippen molar-refractivity contribution in [3.63, 3.8) is 0 Å². The number of aromatic amines is 1. The molecule has 1 heterocycles. The minimum Gasteiger partial charge on any atom is -0.328 e. The predicted octanol–water partition coefficient (Wildman–Crippen LogP) is 1.58. The molecule has 0 radical (unpaired) electrons. The third-order valence-electron chi connectivity index (χ3n) is 2.25. The standard InChI is InChI=1S/C11H12BrN3O/c1-6(13)5-9-14-10-7(11(16)15-9)3-2-4-8(10)12/h2-4,6H,5,13H2,1H3,(H,14,15,16). The van der Waals surface area contributed by atoms with Crippen molar-refractivity contribution in [2.45, 2.75) is 19.4 Å². The van der Waals surface area contributed by atoms with Crippen LogP contribution in [0.25, 0.3) is 10.9 Å². The molecule has 0 aliphatic heterocycles. The van der Waals surface area contributed by atoms with E-state index >= 15 is 0 Å². The summed E-state index contributed by atoms with van der Waals surface area (Å²) >= 11 is 3.38. The summed E-state index contributed by atoms with van der Waals surface area (Å²) in [6, 6.07) is 5.41. The van der Waals surface area contributed by atoms with Crippen LogP contribution < -0.4 is 11.3 Å². The zero-order valence-electron chi connectivity index (χ0n) is 8.83. The summed E-state index contributed by atoms with van der Waals surface area (Å²) in [5.74, 6) is 0.624. The Morgan fingerprint density at radius 2 is 2.31 bits per heavy atom. The number of nitrogens with zero attached hydrogens (tertiary/aromatic N) is 1. The monoisotopic (exact) mass is 281 g/mol. The minimum atomic E-state index is -0.123. The second kappa shape index (κ2) is 4.35. The van der Waals surface area contributed by atoms with Gasteiger partial charge >= 0.3 is 0 Å². The van der Waals surface area contributed by atoms with Gasteiger partial charge in [0.1, 0.15) is 5.82 Å². The van der Waals surface area contributed by atoms with E-state index in [4.69, 9.17) is 5.73 Å². The number of hydrogen-bond donors (Lipinski definition) is 2. The number of H-pyrrole nitrogens is 1. The van der Waals surface area contributed by atoms with Crippen molar-refractivity contribution in [2.75, 3.05) is 0 Å². The molecular weight excluding hydrogens is 270 g/mol. The van der Waals surface area contributed by atoms with E-state index in [2.05, 4.69) is 25.9 Å². The van der Waals surface area contributed by atoms with Gasteiger partial charge in [-0.1, -0.05) is 6.07 Å². The van der Waals surface area contributed by atoms with Crippen LogP contribution in [0, 0.1) is 0 Å². The Morgan fingerprint density at radius 1 is 1.56 bits per heavy atom. The molecule has 2 rings (SSSR count). The molecular formula is C11H12BrN3O. The zero-order valence-corrected chi connectivity index (χ0v) is 10.4. The van der Waals surface area contributed by atoms with Crippen LogP contribution in [0.1, 0.15) is 12.7 Å². The Morgan fingerprint density at radius 3 is 3.00 bits per heavy atom. The summed E-state index contributed by atoms with van der Waals surface area (Å²) < 4.78 is 0.821. The molecule has 0 bridgehead atoms. The number of nitrogens with two attached hydrogens (primary N) is 1. The van der Waals surface area contributed by atoms with Crippen molar-refractivity contribution in [2.24, 2.45) is 5.73 Å².